The molecule has 2 amide bonds. The van der Waals surface area contributed by atoms with Crippen molar-refractivity contribution in [2.45, 2.75) is 57.0 Å². The van der Waals surface area contributed by atoms with E-state index in [0.717, 1.165) is 18.9 Å². The molecule has 4 aliphatic rings. The van der Waals surface area contributed by atoms with Gasteiger partial charge in [-0.3, -0.25) is 14.6 Å². The molecule has 2 unspecified atom stereocenters. The zero-order valence-electron chi connectivity index (χ0n) is 25.6. The largest absolute Gasteiger partial charge is 0.495 e. The zero-order valence-corrected chi connectivity index (χ0v) is 26.4. The summed E-state index contributed by atoms with van der Waals surface area (Å²) in [5.41, 5.74) is 6.86. The SMILES string of the molecule is COC1=CC(C(=O)NC[C@H](c2cc3c(c(-c4cc(Cl)c(F)cc4F)n2)OC[C@]3(C)C(N)=O)C2CC2)=CCC2CC=C(C(C)F)N=C12. The fourth-order valence-electron chi connectivity index (χ4n) is 6.23. The number of allylic oxidation sites excluding steroid dienone is 4. The van der Waals surface area contributed by atoms with Gasteiger partial charge in [-0.1, -0.05) is 23.8 Å². The number of pyridine rings is 1. The van der Waals surface area contributed by atoms with Crippen molar-refractivity contribution < 1.29 is 32.2 Å². The van der Waals surface area contributed by atoms with Crippen LogP contribution in [0, 0.1) is 23.5 Å². The number of hydrogen-bond donors (Lipinski definition) is 2. The van der Waals surface area contributed by atoms with Gasteiger partial charge in [0.1, 0.15) is 47.0 Å². The number of aliphatic imine (C=N–C) groups is 1. The average Bonchev–Trinajstić information content (AvgIpc) is 3.83. The van der Waals surface area contributed by atoms with Crippen molar-refractivity contribution in [3.05, 3.63) is 81.4 Å². The van der Waals surface area contributed by atoms with Gasteiger partial charge in [0.25, 0.3) is 5.91 Å². The van der Waals surface area contributed by atoms with Crippen molar-refractivity contribution in [1.29, 1.82) is 0 Å². The lowest BCUT2D eigenvalue weighted by Crippen LogP contribution is -2.40. The third-order valence-corrected chi connectivity index (χ3v) is 9.54. The maximum Gasteiger partial charge on any atom is 0.251 e. The molecule has 0 radical (unpaired) electrons. The van der Waals surface area contributed by atoms with E-state index in [9.17, 15) is 18.4 Å². The molecule has 1 saturated carbocycles. The number of carbonyl (C=O) groups excluding carboxylic acids is 2. The van der Waals surface area contributed by atoms with Crippen LogP contribution in [0.4, 0.5) is 13.2 Å². The summed E-state index contributed by atoms with van der Waals surface area (Å²) in [4.78, 5) is 35.4. The summed E-state index contributed by atoms with van der Waals surface area (Å²) in [6.45, 7) is 3.19. The molecule has 0 bridgehead atoms. The smallest absolute Gasteiger partial charge is 0.251 e. The number of halogens is 4. The van der Waals surface area contributed by atoms with Crippen molar-refractivity contribution in [3.63, 3.8) is 0 Å². The molecule has 8 nitrogen and oxygen atoms in total. The molecule has 1 aromatic carbocycles. The van der Waals surface area contributed by atoms with Crippen molar-refractivity contribution in [2.75, 3.05) is 20.3 Å². The van der Waals surface area contributed by atoms with E-state index in [1.807, 2.05) is 6.08 Å². The van der Waals surface area contributed by atoms with Crippen molar-refractivity contribution >= 4 is 29.1 Å². The second-order valence-corrected chi connectivity index (χ2v) is 12.8. The van der Waals surface area contributed by atoms with Gasteiger partial charge in [-0.25, -0.2) is 18.2 Å². The molecule has 6 rings (SSSR count). The Morgan fingerprint density at radius 3 is 2.61 bits per heavy atom. The van der Waals surface area contributed by atoms with Crippen LogP contribution in [0.3, 0.4) is 0 Å². The van der Waals surface area contributed by atoms with Gasteiger partial charge in [-0.15, -0.1) is 0 Å². The molecule has 2 aromatic rings. The molecule has 0 saturated heterocycles. The minimum absolute atomic E-state index is 0.0469. The number of alkyl halides is 1. The monoisotopic (exact) mass is 654 g/mol. The molecule has 3 heterocycles. The quantitative estimate of drug-likeness (QED) is 0.323. The Labute approximate surface area is 269 Å². The molecule has 4 atom stereocenters. The molecular formula is C34H34ClF3N4O4. The molecule has 12 heteroatoms. The Bertz CT molecular complexity index is 1750. The molecular weight excluding hydrogens is 621 g/mol. The highest BCUT2D eigenvalue weighted by atomic mass is 35.5. The number of rotatable bonds is 9. The Morgan fingerprint density at radius 2 is 1.93 bits per heavy atom. The van der Waals surface area contributed by atoms with E-state index in [2.05, 4.69) is 10.3 Å². The first-order valence-corrected chi connectivity index (χ1v) is 15.6. The van der Waals surface area contributed by atoms with Crippen molar-refractivity contribution in [2.24, 2.45) is 22.6 Å². The molecule has 3 N–H and O–H groups in total. The van der Waals surface area contributed by atoms with Gasteiger partial charge in [0.05, 0.1) is 23.5 Å². The van der Waals surface area contributed by atoms with E-state index in [1.165, 1.54) is 14.0 Å². The van der Waals surface area contributed by atoms with E-state index in [4.69, 9.17) is 31.8 Å². The van der Waals surface area contributed by atoms with Gasteiger partial charge in [0.2, 0.25) is 5.91 Å². The highest BCUT2D eigenvalue weighted by Crippen LogP contribution is 2.49. The normalized spacial score (nSPS) is 23.3. The van der Waals surface area contributed by atoms with Crippen LogP contribution >= 0.6 is 11.6 Å². The summed E-state index contributed by atoms with van der Waals surface area (Å²) in [7, 11) is 1.49. The number of ether oxygens (including phenoxy) is 2. The summed E-state index contributed by atoms with van der Waals surface area (Å²) in [6.07, 6.45) is 6.88. The first-order chi connectivity index (χ1) is 21.9. The van der Waals surface area contributed by atoms with E-state index < -0.39 is 29.1 Å². The summed E-state index contributed by atoms with van der Waals surface area (Å²) < 4.78 is 54.7. The highest BCUT2D eigenvalue weighted by molar-refractivity contribution is 6.31. The lowest BCUT2D eigenvalue weighted by atomic mass is 9.82. The van der Waals surface area contributed by atoms with Gasteiger partial charge in [0.15, 0.2) is 0 Å². The number of carbonyl (C=O) groups is 2. The number of amides is 2. The summed E-state index contributed by atoms with van der Waals surface area (Å²) >= 11 is 6.03. The predicted octanol–water partition coefficient (Wildman–Crippen LogP) is 5.99. The van der Waals surface area contributed by atoms with E-state index in [0.29, 0.717) is 52.9 Å². The van der Waals surface area contributed by atoms with Gasteiger partial charge >= 0.3 is 0 Å². The number of benzene rings is 1. The van der Waals surface area contributed by atoms with Crippen LogP contribution in [0.25, 0.3) is 11.3 Å². The Balaban J connectivity index is 1.32. The average molecular weight is 655 g/mol. The van der Waals surface area contributed by atoms with Crippen LogP contribution in [0.2, 0.25) is 5.02 Å². The van der Waals surface area contributed by atoms with Crippen molar-refractivity contribution in [3.8, 4) is 17.0 Å². The van der Waals surface area contributed by atoms with Crippen molar-refractivity contribution in [1.82, 2.24) is 10.3 Å². The zero-order chi connectivity index (χ0) is 32.9. The molecule has 0 spiro atoms. The first kappa shape index (κ1) is 31.8. The van der Waals surface area contributed by atoms with Crippen LogP contribution in [-0.2, 0) is 19.7 Å². The van der Waals surface area contributed by atoms with E-state index in [-0.39, 0.29) is 58.8 Å². The van der Waals surface area contributed by atoms with E-state index >= 15 is 4.39 Å². The third kappa shape index (κ3) is 5.81. The van der Waals surface area contributed by atoms with Crippen LogP contribution in [0.1, 0.15) is 56.7 Å². The maximum absolute atomic E-state index is 15.2. The number of methoxy groups -OCH3 is 1. The lowest BCUT2D eigenvalue weighted by Gasteiger charge is -2.22. The fraction of sp³-hybridized carbons (Fsp3) is 0.412. The number of primary amides is 1. The summed E-state index contributed by atoms with van der Waals surface area (Å²) in [5.74, 6) is -2.38. The molecule has 1 aromatic heterocycles. The number of fused-ring (bicyclic) bond motifs is 2. The Morgan fingerprint density at radius 1 is 1.20 bits per heavy atom. The van der Waals surface area contributed by atoms with Crippen LogP contribution < -0.4 is 15.8 Å². The second-order valence-electron chi connectivity index (χ2n) is 12.4. The number of nitrogens with zero attached hydrogens (tertiary/aromatic N) is 2. The maximum atomic E-state index is 15.2. The van der Waals surface area contributed by atoms with Crippen LogP contribution in [0.5, 0.6) is 5.75 Å². The highest BCUT2D eigenvalue weighted by Gasteiger charge is 2.45. The molecule has 46 heavy (non-hydrogen) atoms. The molecule has 242 valence electrons. The number of nitrogens with one attached hydrogen (secondary N) is 1. The molecule has 1 fully saturated rings. The van der Waals surface area contributed by atoms with Gasteiger partial charge < -0.3 is 20.5 Å². The fourth-order valence-corrected chi connectivity index (χ4v) is 6.39. The Hall–Kier alpha value is -4.12. The predicted molar refractivity (Wildman–Crippen MR) is 167 cm³/mol. The van der Waals surface area contributed by atoms with Gasteiger partial charge in [-0.05, 0) is 63.7 Å². The summed E-state index contributed by atoms with van der Waals surface area (Å²) in [6, 6.07) is 3.56. The topological polar surface area (TPSA) is 116 Å². The van der Waals surface area contributed by atoms with Gasteiger partial charge in [-0.2, -0.15) is 0 Å². The van der Waals surface area contributed by atoms with E-state index in [1.54, 1.807) is 25.1 Å². The van der Waals surface area contributed by atoms with Crippen LogP contribution in [0.15, 0.2) is 58.4 Å². The standard InChI is InChI=1S/C34H34ClF3N4O4/c1-16(36)26-9-8-18-6-7-19(10-28(45-3)29(18)41-26)32(43)40-14-21(17-4-5-17)27-12-22-31(46-15-34(22,2)33(39)44)30(42-27)20-11-23(35)25(38)13-24(20)37/h7,9-13,16-18,21H,4-6,8,14-15H2,1-3H3,(H2,39,44)(H,40,43)/t16?,18?,21-,34-/m0/s1. The number of nitrogens with two attached hydrogens (primary N) is 1. The number of hydrogen-bond acceptors (Lipinski definition) is 6. The minimum Gasteiger partial charge on any atom is -0.495 e. The molecule has 2 aliphatic carbocycles. The second kappa shape index (κ2) is 12.2. The number of aromatic nitrogens is 1. The lowest BCUT2D eigenvalue weighted by molar-refractivity contribution is -0.123. The third-order valence-electron chi connectivity index (χ3n) is 9.25. The summed E-state index contributed by atoms with van der Waals surface area (Å²) in [5, 5.41) is 2.73. The first-order valence-electron chi connectivity index (χ1n) is 15.2. The Kier molecular flexibility index (Phi) is 8.47. The molecule has 2 aliphatic heterocycles. The van der Waals surface area contributed by atoms with Crippen LogP contribution in [-0.4, -0.2) is 48.9 Å². The minimum atomic E-state index is -1.22. The van der Waals surface area contributed by atoms with Gasteiger partial charge in [0, 0.05) is 46.8 Å².